The molecule has 2 N–H and O–H groups in total. The molecule has 3 nitrogen and oxygen atoms in total. The number of likely N-dealkylation sites (tertiary alicyclic amines) is 1. The monoisotopic (exact) mass is 491 g/mol. The lowest BCUT2D eigenvalue weighted by Gasteiger charge is -2.38. The molecule has 0 bridgehead atoms. The third kappa shape index (κ3) is 5.22. The Balaban J connectivity index is 1.48. The Labute approximate surface area is 212 Å². The molecule has 1 heterocycles. The highest BCUT2D eigenvalue weighted by atomic mass is 32.2. The zero-order chi connectivity index (χ0) is 24.0. The predicted octanol–water partition coefficient (Wildman–Crippen LogP) is 5.83. The summed E-state index contributed by atoms with van der Waals surface area (Å²) in [5.74, 6) is 1.04. The Morgan fingerprint density at radius 3 is 2.03 bits per heavy atom. The van der Waals surface area contributed by atoms with Gasteiger partial charge in [0.25, 0.3) is 0 Å². The highest BCUT2D eigenvalue weighted by Gasteiger charge is 2.53. The highest BCUT2D eigenvalue weighted by molar-refractivity contribution is 7.99. The van der Waals surface area contributed by atoms with Gasteiger partial charge in [0.15, 0.2) is 0 Å². The van der Waals surface area contributed by atoms with Crippen molar-refractivity contribution in [3.63, 3.8) is 0 Å². The van der Waals surface area contributed by atoms with Crippen LogP contribution >= 0.6 is 23.5 Å². The third-order valence-corrected chi connectivity index (χ3v) is 9.15. The number of primary amides is 1. The number of carbonyl (C=O) groups is 1. The number of nitrogens with two attached hydrogens (primary N) is 1. The summed E-state index contributed by atoms with van der Waals surface area (Å²) in [5.41, 5.74) is 7.48. The first-order valence-electron chi connectivity index (χ1n) is 12.0. The number of hydrogen-bond donors (Lipinski definition) is 1. The minimum absolute atomic E-state index is 0.173. The second kappa shape index (κ2) is 11.0. The van der Waals surface area contributed by atoms with Gasteiger partial charge in [-0.2, -0.15) is 0 Å². The van der Waals surface area contributed by atoms with E-state index in [2.05, 4.69) is 61.8 Å². The fourth-order valence-electron chi connectivity index (χ4n) is 5.57. The van der Waals surface area contributed by atoms with E-state index in [4.69, 9.17) is 5.73 Å². The van der Waals surface area contributed by atoms with Crippen LogP contribution in [0.15, 0.2) is 94.7 Å². The summed E-state index contributed by atoms with van der Waals surface area (Å²) in [6.45, 7) is 3.15. The van der Waals surface area contributed by atoms with Crippen molar-refractivity contribution >= 4 is 29.4 Å². The molecule has 0 aliphatic carbocycles. The van der Waals surface area contributed by atoms with Crippen molar-refractivity contribution in [2.24, 2.45) is 11.7 Å². The van der Waals surface area contributed by atoms with Gasteiger partial charge in [0.1, 0.15) is 5.41 Å². The van der Waals surface area contributed by atoms with E-state index in [-0.39, 0.29) is 11.8 Å². The Bertz CT molecular complexity index is 1030. The standard InChI is InChI=1S/C29H34N2OS2/c1-31(19-9-21-34-27-16-14-26(33-2)15-17-27)20-18-25(22-31)29(28(30)32,23-10-5-3-6-11-23)24-12-7-4-8-13-24/h3-8,10-17,25H,9,18-22H2,1-2H3,(H-,30,32)/p+1/t25?,31-/m1/s1. The molecular weight excluding hydrogens is 456 g/mol. The largest absolute Gasteiger partial charge is 0.369 e. The molecule has 0 aromatic heterocycles. The van der Waals surface area contributed by atoms with Crippen molar-refractivity contribution in [1.82, 2.24) is 0 Å². The van der Waals surface area contributed by atoms with E-state index in [1.807, 2.05) is 48.2 Å². The number of carbonyl (C=O) groups excluding carboxylic acids is 1. The zero-order valence-electron chi connectivity index (χ0n) is 20.2. The minimum atomic E-state index is -0.799. The van der Waals surface area contributed by atoms with Crippen LogP contribution in [-0.2, 0) is 10.2 Å². The van der Waals surface area contributed by atoms with Gasteiger partial charge in [0, 0.05) is 34.3 Å². The zero-order valence-corrected chi connectivity index (χ0v) is 21.8. The highest BCUT2D eigenvalue weighted by Crippen LogP contribution is 2.45. The van der Waals surface area contributed by atoms with Crippen molar-refractivity contribution < 1.29 is 9.28 Å². The second-order valence-corrected chi connectivity index (χ2v) is 11.6. The summed E-state index contributed by atoms with van der Waals surface area (Å²) in [6.07, 6.45) is 4.25. The number of hydrogen-bond acceptors (Lipinski definition) is 3. The first-order valence-corrected chi connectivity index (χ1v) is 14.2. The van der Waals surface area contributed by atoms with Gasteiger partial charge in [0.05, 0.1) is 26.7 Å². The van der Waals surface area contributed by atoms with E-state index < -0.39 is 5.41 Å². The number of rotatable bonds is 10. The summed E-state index contributed by atoms with van der Waals surface area (Å²) >= 11 is 3.71. The van der Waals surface area contributed by atoms with Crippen molar-refractivity contribution in [2.45, 2.75) is 28.0 Å². The second-order valence-electron chi connectivity index (χ2n) is 9.52. The van der Waals surface area contributed by atoms with Crippen molar-refractivity contribution in [3.05, 3.63) is 96.1 Å². The molecule has 1 fully saturated rings. The summed E-state index contributed by atoms with van der Waals surface area (Å²) in [7, 11) is 2.35. The van der Waals surface area contributed by atoms with Gasteiger partial charge < -0.3 is 10.2 Å². The summed E-state index contributed by atoms with van der Waals surface area (Å²) in [6, 6.07) is 29.2. The molecule has 178 valence electrons. The Hall–Kier alpha value is -2.21. The number of nitrogens with zero attached hydrogens (tertiary/aromatic N) is 1. The molecule has 1 unspecified atom stereocenters. The quantitative estimate of drug-likeness (QED) is 0.220. The van der Waals surface area contributed by atoms with Gasteiger partial charge in [-0.1, -0.05) is 60.7 Å². The van der Waals surface area contributed by atoms with E-state index in [0.717, 1.165) is 53.8 Å². The lowest BCUT2D eigenvalue weighted by atomic mass is 9.64. The van der Waals surface area contributed by atoms with E-state index in [9.17, 15) is 4.79 Å². The van der Waals surface area contributed by atoms with Gasteiger partial charge >= 0.3 is 0 Å². The smallest absolute Gasteiger partial charge is 0.233 e. The van der Waals surface area contributed by atoms with E-state index in [1.165, 1.54) is 9.79 Å². The summed E-state index contributed by atoms with van der Waals surface area (Å²) in [5, 5.41) is 0. The molecule has 3 aromatic carbocycles. The van der Waals surface area contributed by atoms with E-state index >= 15 is 0 Å². The number of benzene rings is 3. The molecule has 0 spiro atoms. The van der Waals surface area contributed by atoms with Crippen LogP contribution in [0.25, 0.3) is 0 Å². The van der Waals surface area contributed by atoms with Crippen LogP contribution in [0, 0.1) is 5.92 Å². The van der Waals surface area contributed by atoms with Crippen LogP contribution in [-0.4, -0.2) is 49.1 Å². The molecule has 0 radical (unpaired) electrons. The van der Waals surface area contributed by atoms with Gasteiger partial charge in [0.2, 0.25) is 5.91 Å². The molecule has 1 aliphatic heterocycles. The van der Waals surface area contributed by atoms with Crippen molar-refractivity contribution in [1.29, 1.82) is 0 Å². The molecular formula is C29H35N2OS2+. The molecule has 1 saturated heterocycles. The SMILES string of the molecule is CSc1ccc(SCCC[N@+]2(C)CCC(C(C(N)=O)(c3ccccc3)c3ccccc3)C2)cc1. The van der Waals surface area contributed by atoms with Gasteiger partial charge in [-0.15, -0.1) is 23.5 Å². The molecule has 0 saturated carbocycles. The van der Waals surface area contributed by atoms with E-state index in [1.54, 1.807) is 11.8 Å². The van der Waals surface area contributed by atoms with Gasteiger partial charge in [-0.05, 0) is 41.6 Å². The minimum Gasteiger partial charge on any atom is -0.369 e. The van der Waals surface area contributed by atoms with Crippen molar-refractivity contribution in [3.8, 4) is 0 Å². The molecule has 4 rings (SSSR count). The lowest BCUT2D eigenvalue weighted by molar-refractivity contribution is -0.899. The number of quaternary nitrogens is 1. The maximum atomic E-state index is 13.3. The van der Waals surface area contributed by atoms with Crippen molar-refractivity contribution in [2.75, 3.05) is 38.7 Å². The van der Waals surface area contributed by atoms with Crippen LogP contribution in [0.5, 0.6) is 0 Å². The normalized spacial score (nSPS) is 20.4. The maximum absolute atomic E-state index is 13.3. The van der Waals surface area contributed by atoms with Crippen LogP contribution in [0.2, 0.25) is 0 Å². The Morgan fingerprint density at radius 1 is 0.941 bits per heavy atom. The maximum Gasteiger partial charge on any atom is 0.233 e. The molecule has 1 amide bonds. The number of thioether (sulfide) groups is 2. The number of amides is 1. The molecule has 5 heteroatoms. The topological polar surface area (TPSA) is 43.1 Å². The fraction of sp³-hybridized carbons (Fsp3) is 0.345. The molecule has 34 heavy (non-hydrogen) atoms. The van der Waals surface area contributed by atoms with Crippen LogP contribution in [0.1, 0.15) is 24.0 Å². The average molecular weight is 492 g/mol. The average Bonchev–Trinajstić information content (AvgIpc) is 3.26. The lowest BCUT2D eigenvalue weighted by Crippen LogP contribution is -2.51. The van der Waals surface area contributed by atoms with Gasteiger partial charge in [-0.3, -0.25) is 4.79 Å². The van der Waals surface area contributed by atoms with E-state index in [0.29, 0.717) is 0 Å². The Kier molecular flexibility index (Phi) is 8.07. The van der Waals surface area contributed by atoms with Crippen LogP contribution in [0.4, 0.5) is 0 Å². The summed E-state index contributed by atoms with van der Waals surface area (Å²) < 4.78 is 0.991. The first kappa shape index (κ1) is 24.9. The first-order chi connectivity index (χ1) is 16.5. The molecule has 1 aliphatic rings. The molecule has 3 aromatic rings. The van der Waals surface area contributed by atoms with Crippen LogP contribution in [0.3, 0.4) is 0 Å². The Morgan fingerprint density at radius 2 is 1.50 bits per heavy atom. The van der Waals surface area contributed by atoms with Gasteiger partial charge in [-0.25, -0.2) is 0 Å². The summed E-state index contributed by atoms with van der Waals surface area (Å²) in [4.78, 5) is 15.9. The third-order valence-electron chi connectivity index (χ3n) is 7.31. The predicted molar refractivity (Wildman–Crippen MR) is 145 cm³/mol. The fourth-order valence-corrected chi connectivity index (χ4v) is 6.82. The van der Waals surface area contributed by atoms with Crippen LogP contribution < -0.4 is 5.73 Å². The molecule has 2 atom stereocenters.